The fourth-order valence-corrected chi connectivity index (χ4v) is 3.89. The van der Waals surface area contributed by atoms with E-state index in [1.807, 2.05) is 36.4 Å². The Hall–Kier alpha value is -3.08. The Labute approximate surface area is 216 Å². The summed E-state index contributed by atoms with van der Waals surface area (Å²) in [7, 11) is 1.75. The second-order valence-electron chi connectivity index (χ2n) is 7.79. The third kappa shape index (κ3) is 6.49. The van der Waals surface area contributed by atoms with Gasteiger partial charge in [-0.05, 0) is 42.0 Å². The summed E-state index contributed by atoms with van der Waals surface area (Å²) in [6, 6.07) is 18.0. The Morgan fingerprint density at radius 1 is 1.00 bits per heavy atom. The molecule has 0 bridgehead atoms. The fourth-order valence-electron chi connectivity index (χ4n) is 3.89. The average molecular weight is 577 g/mol. The molecule has 0 spiro atoms. The highest BCUT2D eigenvalue weighted by Gasteiger charge is 2.21. The summed E-state index contributed by atoms with van der Waals surface area (Å²) >= 11 is 0. The number of hydrogen-bond donors (Lipinski definition) is 2. The molecule has 9 heteroatoms. The first-order chi connectivity index (χ1) is 16.1. The Morgan fingerprint density at radius 2 is 1.79 bits per heavy atom. The standard InChI is InChI=1S/C25H28FN5O2.HI/c1-27-25(31-13-11-30(12-14-31)23-10-3-2-9-22(23)26)29-17-19-6-4-7-20(16-19)24(32)28-18-21-8-5-15-33-21;/h2-10,15-16H,11-14,17-18H2,1H3,(H,27,29)(H,28,32);1H. The van der Waals surface area contributed by atoms with E-state index in [1.54, 1.807) is 31.5 Å². The fraction of sp³-hybridized carbons (Fsp3) is 0.280. The largest absolute Gasteiger partial charge is 0.467 e. The number of para-hydroxylation sites is 1. The van der Waals surface area contributed by atoms with E-state index < -0.39 is 0 Å². The van der Waals surface area contributed by atoms with Crippen LogP contribution in [0.5, 0.6) is 0 Å². The lowest BCUT2D eigenvalue weighted by molar-refractivity contribution is 0.0948. The molecule has 1 aliphatic heterocycles. The molecular weight excluding hydrogens is 548 g/mol. The van der Waals surface area contributed by atoms with E-state index in [2.05, 4.69) is 25.4 Å². The van der Waals surface area contributed by atoms with Crippen molar-refractivity contribution in [3.63, 3.8) is 0 Å². The molecule has 2 heterocycles. The predicted molar refractivity (Wildman–Crippen MR) is 142 cm³/mol. The minimum atomic E-state index is -0.193. The van der Waals surface area contributed by atoms with Gasteiger partial charge in [0, 0.05) is 45.3 Å². The maximum atomic E-state index is 14.1. The molecule has 1 saturated heterocycles. The number of anilines is 1. The van der Waals surface area contributed by atoms with Gasteiger partial charge in [-0.15, -0.1) is 24.0 Å². The topological polar surface area (TPSA) is 73.1 Å². The Balaban J connectivity index is 0.00000324. The lowest BCUT2D eigenvalue weighted by Gasteiger charge is -2.37. The van der Waals surface area contributed by atoms with Crippen molar-refractivity contribution < 1.29 is 13.6 Å². The number of amides is 1. The number of piperazine rings is 1. The molecular formula is C25H29FIN5O2. The first-order valence-electron chi connectivity index (χ1n) is 11.0. The SMILES string of the molecule is CN=C(NCc1cccc(C(=O)NCc2ccco2)c1)N1CCN(c2ccccc2F)CC1.I. The number of aliphatic imine (C=N–C) groups is 1. The van der Waals surface area contributed by atoms with Gasteiger partial charge in [-0.2, -0.15) is 0 Å². The van der Waals surface area contributed by atoms with Crippen LogP contribution in [0.15, 0.2) is 76.3 Å². The van der Waals surface area contributed by atoms with Crippen LogP contribution < -0.4 is 15.5 Å². The number of guanidine groups is 1. The van der Waals surface area contributed by atoms with E-state index in [1.165, 1.54) is 6.07 Å². The zero-order valence-electron chi connectivity index (χ0n) is 19.0. The van der Waals surface area contributed by atoms with Gasteiger partial charge in [0.2, 0.25) is 0 Å². The molecule has 0 unspecified atom stereocenters. The summed E-state index contributed by atoms with van der Waals surface area (Å²) in [5.41, 5.74) is 2.21. The molecule has 1 fully saturated rings. The number of furan rings is 1. The highest BCUT2D eigenvalue weighted by atomic mass is 127. The Morgan fingerprint density at radius 3 is 2.50 bits per heavy atom. The zero-order valence-corrected chi connectivity index (χ0v) is 21.4. The number of carbonyl (C=O) groups is 1. The van der Waals surface area contributed by atoms with Gasteiger partial charge in [-0.25, -0.2) is 4.39 Å². The lowest BCUT2D eigenvalue weighted by Crippen LogP contribution is -2.52. The van der Waals surface area contributed by atoms with Crippen LogP contribution in [0.4, 0.5) is 10.1 Å². The second kappa shape index (κ2) is 12.4. The number of hydrogen-bond acceptors (Lipinski definition) is 4. The van der Waals surface area contributed by atoms with Gasteiger partial charge >= 0.3 is 0 Å². The predicted octanol–water partition coefficient (Wildman–Crippen LogP) is 3.86. The van der Waals surface area contributed by atoms with Crippen LogP contribution in [-0.4, -0.2) is 50.0 Å². The van der Waals surface area contributed by atoms with E-state index in [9.17, 15) is 9.18 Å². The molecule has 1 amide bonds. The van der Waals surface area contributed by atoms with E-state index in [4.69, 9.17) is 4.42 Å². The van der Waals surface area contributed by atoms with Crippen molar-refractivity contribution in [3.8, 4) is 0 Å². The number of benzene rings is 2. The van der Waals surface area contributed by atoms with Crippen LogP contribution >= 0.6 is 24.0 Å². The van der Waals surface area contributed by atoms with Crippen molar-refractivity contribution in [2.24, 2.45) is 4.99 Å². The summed E-state index contributed by atoms with van der Waals surface area (Å²) in [6.45, 7) is 3.80. The maximum Gasteiger partial charge on any atom is 0.251 e. The number of nitrogens with zero attached hydrogens (tertiary/aromatic N) is 3. The molecule has 7 nitrogen and oxygen atoms in total. The van der Waals surface area contributed by atoms with Crippen LogP contribution in [0.25, 0.3) is 0 Å². The van der Waals surface area contributed by atoms with Crippen molar-refractivity contribution in [2.45, 2.75) is 13.1 Å². The van der Waals surface area contributed by atoms with Crippen LogP contribution in [-0.2, 0) is 13.1 Å². The highest BCUT2D eigenvalue weighted by Crippen LogP contribution is 2.20. The summed E-state index contributed by atoms with van der Waals surface area (Å²) in [6.07, 6.45) is 1.58. The molecule has 180 valence electrons. The van der Waals surface area contributed by atoms with Gasteiger partial charge < -0.3 is 24.9 Å². The summed E-state index contributed by atoms with van der Waals surface area (Å²) < 4.78 is 19.3. The summed E-state index contributed by atoms with van der Waals surface area (Å²) in [5.74, 6) is 1.15. The maximum absolute atomic E-state index is 14.1. The zero-order chi connectivity index (χ0) is 23.0. The Kier molecular flexibility index (Phi) is 9.32. The molecule has 2 aromatic carbocycles. The highest BCUT2D eigenvalue weighted by molar-refractivity contribution is 14.0. The van der Waals surface area contributed by atoms with E-state index in [-0.39, 0.29) is 35.7 Å². The number of halogens is 2. The van der Waals surface area contributed by atoms with Crippen molar-refractivity contribution in [1.82, 2.24) is 15.5 Å². The third-order valence-electron chi connectivity index (χ3n) is 5.63. The quantitative estimate of drug-likeness (QED) is 0.265. The normalized spacial score (nSPS) is 13.9. The van der Waals surface area contributed by atoms with Crippen LogP contribution in [0.1, 0.15) is 21.7 Å². The first-order valence-corrected chi connectivity index (χ1v) is 11.0. The monoisotopic (exact) mass is 577 g/mol. The number of carbonyl (C=O) groups excluding carboxylic acids is 1. The lowest BCUT2D eigenvalue weighted by atomic mass is 10.1. The van der Waals surface area contributed by atoms with Crippen molar-refractivity contribution >= 4 is 41.5 Å². The van der Waals surface area contributed by atoms with Gasteiger partial charge in [0.05, 0.1) is 18.5 Å². The molecule has 2 N–H and O–H groups in total. The molecule has 34 heavy (non-hydrogen) atoms. The minimum Gasteiger partial charge on any atom is -0.467 e. The van der Waals surface area contributed by atoms with Crippen molar-refractivity contribution in [3.05, 3.63) is 89.6 Å². The average Bonchev–Trinajstić information content (AvgIpc) is 3.38. The summed E-state index contributed by atoms with van der Waals surface area (Å²) in [4.78, 5) is 21.1. The third-order valence-corrected chi connectivity index (χ3v) is 5.63. The van der Waals surface area contributed by atoms with Crippen molar-refractivity contribution in [2.75, 3.05) is 38.1 Å². The molecule has 0 saturated carbocycles. The molecule has 4 rings (SSSR count). The smallest absolute Gasteiger partial charge is 0.251 e. The minimum absolute atomic E-state index is 0. The van der Waals surface area contributed by atoms with E-state index in [0.29, 0.717) is 43.2 Å². The van der Waals surface area contributed by atoms with Gasteiger partial charge in [-0.3, -0.25) is 9.79 Å². The molecule has 0 radical (unpaired) electrons. The van der Waals surface area contributed by atoms with Gasteiger partial charge in [0.1, 0.15) is 11.6 Å². The van der Waals surface area contributed by atoms with E-state index >= 15 is 0 Å². The Bertz CT molecular complexity index is 1100. The molecule has 0 atom stereocenters. The molecule has 0 aliphatic carbocycles. The molecule has 1 aromatic heterocycles. The molecule has 1 aliphatic rings. The van der Waals surface area contributed by atoms with Gasteiger partial charge in [0.25, 0.3) is 5.91 Å². The van der Waals surface area contributed by atoms with Gasteiger partial charge in [0.15, 0.2) is 5.96 Å². The number of nitrogens with one attached hydrogen (secondary N) is 2. The summed E-state index contributed by atoms with van der Waals surface area (Å²) in [5, 5.41) is 6.24. The first kappa shape index (κ1) is 25.5. The second-order valence-corrected chi connectivity index (χ2v) is 7.79. The van der Waals surface area contributed by atoms with E-state index in [0.717, 1.165) is 24.6 Å². The van der Waals surface area contributed by atoms with Crippen LogP contribution in [0.3, 0.4) is 0 Å². The van der Waals surface area contributed by atoms with Crippen molar-refractivity contribution in [1.29, 1.82) is 0 Å². The molecule has 3 aromatic rings. The van der Waals surface area contributed by atoms with Gasteiger partial charge in [-0.1, -0.05) is 24.3 Å². The van der Waals surface area contributed by atoms with Crippen LogP contribution in [0.2, 0.25) is 0 Å². The van der Waals surface area contributed by atoms with Crippen LogP contribution in [0, 0.1) is 5.82 Å². The number of rotatable bonds is 6.